The Hall–Kier alpha value is -1.16. The highest BCUT2D eigenvalue weighted by molar-refractivity contribution is 6.54. The standard InChI is InChI=1S/C17H24O2Si/c1-7-16(3,4)18-15(19-17(5,6)8-2)20-14-12-10-9-11-13-14/h7-13,15H,1-2H2,3-6H3. The highest BCUT2D eigenvalue weighted by Crippen LogP contribution is 2.19. The van der Waals surface area contributed by atoms with Crippen molar-refractivity contribution in [3.63, 3.8) is 0 Å². The van der Waals surface area contributed by atoms with E-state index in [1.807, 2.05) is 45.9 Å². The number of ether oxygens (including phenoxy) is 2. The number of hydrogen-bond acceptors (Lipinski definition) is 2. The summed E-state index contributed by atoms with van der Waals surface area (Å²) in [6.45, 7) is 15.5. The minimum atomic E-state index is -0.427. The molecule has 2 radical (unpaired) electrons. The van der Waals surface area contributed by atoms with Gasteiger partial charge in [0.25, 0.3) is 0 Å². The minimum Gasteiger partial charge on any atom is -0.347 e. The Bertz CT molecular complexity index is 416. The van der Waals surface area contributed by atoms with E-state index in [0.717, 1.165) is 0 Å². The summed E-state index contributed by atoms with van der Waals surface area (Å²) in [4.78, 5) is 0. The van der Waals surface area contributed by atoms with E-state index in [4.69, 9.17) is 9.47 Å². The fourth-order valence-corrected chi connectivity index (χ4v) is 2.78. The van der Waals surface area contributed by atoms with Crippen molar-refractivity contribution in [1.29, 1.82) is 0 Å². The molecule has 0 heterocycles. The molecule has 0 N–H and O–H groups in total. The molecular weight excluding hydrogens is 264 g/mol. The first-order chi connectivity index (χ1) is 9.28. The van der Waals surface area contributed by atoms with Gasteiger partial charge in [-0.3, -0.25) is 0 Å². The first kappa shape index (κ1) is 16.9. The highest BCUT2D eigenvalue weighted by atomic mass is 28.2. The zero-order valence-corrected chi connectivity index (χ0v) is 13.8. The summed E-state index contributed by atoms with van der Waals surface area (Å²) in [6.07, 6.45) is 3.58. The molecule has 1 aromatic rings. The van der Waals surface area contributed by atoms with E-state index in [9.17, 15) is 0 Å². The van der Waals surface area contributed by atoms with E-state index in [-0.39, 0.29) is 5.91 Å². The summed E-state index contributed by atoms with van der Waals surface area (Å²) in [5.41, 5.74) is -0.854. The molecule has 0 aromatic heterocycles. The molecule has 0 saturated carbocycles. The fourth-order valence-electron chi connectivity index (χ4n) is 1.40. The van der Waals surface area contributed by atoms with Crippen molar-refractivity contribution in [2.75, 3.05) is 0 Å². The van der Waals surface area contributed by atoms with Crippen LogP contribution in [-0.4, -0.2) is 26.6 Å². The normalized spacial score (nSPS) is 12.4. The second-order valence-electron chi connectivity index (χ2n) is 5.69. The number of rotatable bonds is 8. The van der Waals surface area contributed by atoms with E-state index in [1.54, 1.807) is 12.2 Å². The first-order valence-electron chi connectivity index (χ1n) is 6.72. The van der Waals surface area contributed by atoms with Crippen LogP contribution in [0.4, 0.5) is 0 Å². The molecule has 108 valence electrons. The molecule has 2 nitrogen and oxygen atoms in total. The zero-order valence-electron chi connectivity index (χ0n) is 12.8. The van der Waals surface area contributed by atoms with Gasteiger partial charge in [-0.15, -0.1) is 13.2 Å². The van der Waals surface area contributed by atoms with Gasteiger partial charge in [0.05, 0.1) is 11.2 Å². The van der Waals surface area contributed by atoms with Gasteiger partial charge < -0.3 is 9.47 Å². The van der Waals surface area contributed by atoms with Crippen LogP contribution in [0.3, 0.4) is 0 Å². The summed E-state index contributed by atoms with van der Waals surface area (Å²) in [5.74, 6) is -0.321. The van der Waals surface area contributed by atoms with Crippen molar-refractivity contribution in [3.05, 3.63) is 55.6 Å². The quantitative estimate of drug-likeness (QED) is 0.415. The molecule has 0 amide bonds. The maximum absolute atomic E-state index is 6.05. The third-order valence-corrected chi connectivity index (χ3v) is 4.00. The van der Waals surface area contributed by atoms with Crippen LogP contribution < -0.4 is 5.19 Å². The number of hydrogen-bond donors (Lipinski definition) is 0. The van der Waals surface area contributed by atoms with Crippen LogP contribution >= 0.6 is 0 Å². The van der Waals surface area contributed by atoms with Crippen LogP contribution in [0.5, 0.6) is 0 Å². The molecule has 20 heavy (non-hydrogen) atoms. The lowest BCUT2D eigenvalue weighted by Crippen LogP contribution is -2.43. The molecule has 0 spiro atoms. The van der Waals surface area contributed by atoms with Crippen LogP contribution in [0.1, 0.15) is 27.7 Å². The molecule has 1 rings (SSSR count). The van der Waals surface area contributed by atoms with Gasteiger partial charge in [-0.05, 0) is 27.7 Å². The Morgan fingerprint density at radius 1 is 0.950 bits per heavy atom. The van der Waals surface area contributed by atoms with Gasteiger partial charge in [0.15, 0.2) is 9.52 Å². The average Bonchev–Trinajstić information content (AvgIpc) is 2.39. The first-order valence-corrected chi connectivity index (χ1v) is 7.80. The van der Waals surface area contributed by atoms with Crippen molar-refractivity contribution in [1.82, 2.24) is 0 Å². The van der Waals surface area contributed by atoms with Gasteiger partial charge in [0.2, 0.25) is 0 Å². The molecule has 0 saturated heterocycles. The lowest BCUT2D eigenvalue weighted by Gasteiger charge is -2.33. The topological polar surface area (TPSA) is 18.5 Å². The molecule has 0 fully saturated rings. The molecule has 0 bridgehead atoms. The Labute approximate surface area is 125 Å². The van der Waals surface area contributed by atoms with Gasteiger partial charge in [0, 0.05) is 0 Å². The summed E-state index contributed by atoms with van der Waals surface area (Å²) in [5, 5.41) is 1.21. The minimum absolute atomic E-state index is 0.321. The summed E-state index contributed by atoms with van der Waals surface area (Å²) < 4.78 is 12.1. The molecule has 0 atom stereocenters. The maximum atomic E-state index is 6.05. The molecule has 0 aliphatic carbocycles. The lowest BCUT2D eigenvalue weighted by molar-refractivity contribution is -0.177. The smallest absolute Gasteiger partial charge is 0.157 e. The monoisotopic (exact) mass is 288 g/mol. The fraction of sp³-hybridized carbons (Fsp3) is 0.412. The SMILES string of the molecule is C=CC(C)(C)OC(OC(C)(C)C=C)[Si]c1ccccc1. The molecule has 1 aromatic carbocycles. The van der Waals surface area contributed by atoms with Crippen LogP contribution in [0, 0.1) is 0 Å². The molecule has 3 heteroatoms. The maximum Gasteiger partial charge on any atom is 0.157 e. The van der Waals surface area contributed by atoms with Gasteiger partial charge >= 0.3 is 0 Å². The Kier molecular flexibility index (Phi) is 5.93. The molecular formula is C17H24O2Si. The molecule has 0 aliphatic rings. The van der Waals surface area contributed by atoms with Crippen LogP contribution in [-0.2, 0) is 9.47 Å². The van der Waals surface area contributed by atoms with E-state index >= 15 is 0 Å². The lowest BCUT2D eigenvalue weighted by atomic mass is 10.1. The van der Waals surface area contributed by atoms with Crippen LogP contribution in [0.15, 0.2) is 55.6 Å². The van der Waals surface area contributed by atoms with Crippen LogP contribution in [0.25, 0.3) is 0 Å². The van der Waals surface area contributed by atoms with Crippen molar-refractivity contribution < 1.29 is 9.47 Å². The van der Waals surface area contributed by atoms with Gasteiger partial charge in [-0.25, -0.2) is 0 Å². The van der Waals surface area contributed by atoms with Crippen molar-refractivity contribution in [2.24, 2.45) is 0 Å². The molecule has 0 aliphatic heterocycles. The van der Waals surface area contributed by atoms with E-state index in [0.29, 0.717) is 9.52 Å². The summed E-state index contributed by atoms with van der Waals surface area (Å²) in [6, 6.07) is 10.2. The second-order valence-corrected chi connectivity index (χ2v) is 7.03. The van der Waals surface area contributed by atoms with Gasteiger partial charge in [0.1, 0.15) is 5.91 Å². The predicted octanol–water partition coefficient (Wildman–Crippen LogP) is 3.26. The van der Waals surface area contributed by atoms with Crippen molar-refractivity contribution in [3.8, 4) is 0 Å². The van der Waals surface area contributed by atoms with Gasteiger partial charge in [-0.1, -0.05) is 47.7 Å². The highest BCUT2D eigenvalue weighted by Gasteiger charge is 2.27. The van der Waals surface area contributed by atoms with Crippen molar-refractivity contribution >= 4 is 14.7 Å². The van der Waals surface area contributed by atoms with E-state index in [2.05, 4.69) is 25.3 Å². The zero-order chi connectivity index (χ0) is 15.2. The largest absolute Gasteiger partial charge is 0.347 e. The third-order valence-electron chi connectivity index (χ3n) is 2.86. The Balaban J connectivity index is 2.84. The molecule has 0 unspecified atom stereocenters. The second kappa shape index (κ2) is 7.02. The van der Waals surface area contributed by atoms with Crippen molar-refractivity contribution in [2.45, 2.75) is 44.8 Å². The van der Waals surface area contributed by atoms with E-state index < -0.39 is 11.2 Å². The van der Waals surface area contributed by atoms with Crippen LogP contribution in [0.2, 0.25) is 0 Å². The summed E-state index contributed by atoms with van der Waals surface area (Å²) >= 11 is 0. The summed E-state index contributed by atoms with van der Waals surface area (Å²) in [7, 11) is 0.409. The van der Waals surface area contributed by atoms with Gasteiger partial charge in [-0.2, -0.15) is 0 Å². The third kappa shape index (κ3) is 5.86. The predicted molar refractivity (Wildman–Crippen MR) is 86.3 cm³/mol. The van der Waals surface area contributed by atoms with E-state index in [1.165, 1.54) is 5.19 Å². The Morgan fingerprint density at radius 3 is 1.80 bits per heavy atom. The Morgan fingerprint density at radius 2 is 1.40 bits per heavy atom. The average molecular weight is 288 g/mol. The number of benzene rings is 1.